The Morgan fingerprint density at radius 3 is 2.50 bits per heavy atom. The van der Waals surface area contributed by atoms with Gasteiger partial charge in [-0.2, -0.15) is 0 Å². The zero-order chi connectivity index (χ0) is 21.1. The summed E-state index contributed by atoms with van der Waals surface area (Å²) in [7, 11) is 0. The summed E-state index contributed by atoms with van der Waals surface area (Å²) in [5.74, 6) is 1.14. The Bertz CT molecular complexity index is 1010. The van der Waals surface area contributed by atoms with Crippen LogP contribution >= 0.6 is 11.6 Å². The monoisotopic (exact) mass is 427 g/mol. The van der Waals surface area contributed by atoms with Crippen LogP contribution in [0, 0.1) is 5.82 Å². The fourth-order valence-electron chi connectivity index (χ4n) is 3.29. The van der Waals surface area contributed by atoms with Crippen molar-refractivity contribution in [1.82, 2.24) is 19.9 Å². The SMILES string of the molecule is C[C@H]1CN(c2ccc(F)cn2)CCN1c1cnc(NC(=O)c2ccc(Cl)nc2)cn1. The minimum absolute atomic E-state index is 0.153. The van der Waals surface area contributed by atoms with Crippen molar-refractivity contribution >= 4 is 35.0 Å². The summed E-state index contributed by atoms with van der Waals surface area (Å²) in [5.41, 5.74) is 0.379. The zero-order valence-corrected chi connectivity index (χ0v) is 16.9. The highest BCUT2D eigenvalue weighted by atomic mass is 35.5. The molecule has 1 aliphatic heterocycles. The molecule has 0 spiro atoms. The van der Waals surface area contributed by atoms with Crippen LogP contribution in [0.25, 0.3) is 0 Å². The van der Waals surface area contributed by atoms with Gasteiger partial charge in [0.25, 0.3) is 5.91 Å². The molecule has 1 fully saturated rings. The molecule has 0 unspecified atom stereocenters. The van der Waals surface area contributed by atoms with E-state index in [1.165, 1.54) is 24.7 Å². The van der Waals surface area contributed by atoms with Gasteiger partial charge in [0.15, 0.2) is 5.82 Å². The molecule has 1 atom stereocenters. The van der Waals surface area contributed by atoms with Crippen LogP contribution in [0.4, 0.5) is 21.8 Å². The molecule has 1 saturated heterocycles. The van der Waals surface area contributed by atoms with Crippen molar-refractivity contribution in [2.45, 2.75) is 13.0 Å². The number of amides is 1. The number of anilines is 3. The molecular weight excluding hydrogens is 409 g/mol. The molecule has 0 aromatic carbocycles. The molecule has 10 heteroatoms. The summed E-state index contributed by atoms with van der Waals surface area (Å²) in [4.78, 5) is 33.3. The number of hydrogen-bond donors (Lipinski definition) is 1. The summed E-state index contributed by atoms with van der Waals surface area (Å²) < 4.78 is 13.1. The number of nitrogens with one attached hydrogen (secondary N) is 1. The fourth-order valence-corrected chi connectivity index (χ4v) is 3.41. The second-order valence-electron chi connectivity index (χ2n) is 6.91. The average molecular weight is 428 g/mol. The van der Waals surface area contributed by atoms with E-state index in [1.807, 2.05) is 0 Å². The molecule has 8 nitrogen and oxygen atoms in total. The predicted molar refractivity (Wildman–Crippen MR) is 112 cm³/mol. The van der Waals surface area contributed by atoms with Gasteiger partial charge in [0.1, 0.15) is 22.6 Å². The van der Waals surface area contributed by atoms with Crippen LogP contribution in [0.2, 0.25) is 5.15 Å². The molecule has 3 aromatic heterocycles. The van der Waals surface area contributed by atoms with Crippen molar-refractivity contribution < 1.29 is 9.18 Å². The van der Waals surface area contributed by atoms with Crippen molar-refractivity contribution in [1.29, 1.82) is 0 Å². The van der Waals surface area contributed by atoms with Crippen LogP contribution < -0.4 is 15.1 Å². The van der Waals surface area contributed by atoms with E-state index in [4.69, 9.17) is 11.6 Å². The first kappa shape index (κ1) is 20.0. The highest BCUT2D eigenvalue weighted by molar-refractivity contribution is 6.29. The summed E-state index contributed by atoms with van der Waals surface area (Å²) in [5, 5.41) is 3.01. The van der Waals surface area contributed by atoms with Gasteiger partial charge in [-0.05, 0) is 31.2 Å². The van der Waals surface area contributed by atoms with Gasteiger partial charge >= 0.3 is 0 Å². The van der Waals surface area contributed by atoms with Gasteiger partial charge < -0.3 is 15.1 Å². The van der Waals surface area contributed by atoms with E-state index in [1.54, 1.807) is 24.4 Å². The van der Waals surface area contributed by atoms with E-state index < -0.39 is 0 Å². The summed E-state index contributed by atoms with van der Waals surface area (Å²) >= 11 is 5.74. The maximum atomic E-state index is 13.1. The number of nitrogens with zero attached hydrogens (tertiary/aromatic N) is 6. The van der Waals surface area contributed by atoms with Crippen molar-refractivity contribution in [3.05, 3.63) is 65.6 Å². The summed E-state index contributed by atoms with van der Waals surface area (Å²) in [6.45, 7) is 4.26. The minimum atomic E-state index is -0.347. The van der Waals surface area contributed by atoms with E-state index in [0.717, 1.165) is 31.3 Å². The first-order valence-electron chi connectivity index (χ1n) is 9.38. The average Bonchev–Trinajstić information content (AvgIpc) is 2.75. The molecule has 0 radical (unpaired) electrons. The lowest BCUT2D eigenvalue weighted by atomic mass is 10.2. The van der Waals surface area contributed by atoms with Gasteiger partial charge in [0.05, 0.1) is 24.2 Å². The lowest BCUT2D eigenvalue weighted by Crippen LogP contribution is -2.52. The van der Waals surface area contributed by atoms with E-state index in [9.17, 15) is 9.18 Å². The number of carbonyl (C=O) groups excluding carboxylic acids is 1. The van der Waals surface area contributed by atoms with Gasteiger partial charge in [-0.1, -0.05) is 11.6 Å². The number of aromatic nitrogens is 4. The van der Waals surface area contributed by atoms with Crippen molar-refractivity contribution in [3.8, 4) is 0 Å². The first-order chi connectivity index (χ1) is 14.5. The molecule has 3 aromatic rings. The van der Waals surface area contributed by atoms with Crippen LogP contribution in [0.3, 0.4) is 0 Å². The third-order valence-corrected chi connectivity index (χ3v) is 5.05. The quantitative estimate of drug-likeness (QED) is 0.640. The summed E-state index contributed by atoms with van der Waals surface area (Å²) in [6, 6.07) is 6.39. The lowest BCUT2D eigenvalue weighted by Gasteiger charge is -2.40. The molecule has 154 valence electrons. The van der Waals surface area contributed by atoms with Crippen molar-refractivity contribution in [2.24, 2.45) is 0 Å². The Morgan fingerprint density at radius 1 is 1.03 bits per heavy atom. The predicted octanol–water partition coefficient (Wildman–Crippen LogP) is 3.03. The first-order valence-corrected chi connectivity index (χ1v) is 9.75. The molecular formula is C20H19ClFN7O. The Kier molecular flexibility index (Phi) is 5.71. The third-order valence-electron chi connectivity index (χ3n) is 4.83. The molecule has 0 saturated carbocycles. The second kappa shape index (κ2) is 8.58. The lowest BCUT2D eigenvalue weighted by molar-refractivity contribution is 0.102. The maximum absolute atomic E-state index is 13.1. The molecule has 30 heavy (non-hydrogen) atoms. The van der Waals surface area contributed by atoms with Crippen LogP contribution in [0.5, 0.6) is 0 Å². The normalized spacial score (nSPS) is 16.4. The smallest absolute Gasteiger partial charge is 0.258 e. The van der Waals surface area contributed by atoms with Crippen LogP contribution in [-0.4, -0.2) is 51.5 Å². The highest BCUT2D eigenvalue weighted by Crippen LogP contribution is 2.22. The van der Waals surface area contributed by atoms with Crippen molar-refractivity contribution in [2.75, 3.05) is 34.8 Å². The topological polar surface area (TPSA) is 87.1 Å². The molecule has 4 heterocycles. The fraction of sp³-hybridized carbons (Fsp3) is 0.250. The number of piperazine rings is 1. The van der Waals surface area contributed by atoms with Gasteiger partial charge in [-0.3, -0.25) is 4.79 Å². The Balaban J connectivity index is 1.38. The summed E-state index contributed by atoms with van der Waals surface area (Å²) in [6.07, 6.45) is 5.79. The molecule has 1 amide bonds. The Labute approximate surface area is 177 Å². The van der Waals surface area contributed by atoms with Gasteiger partial charge in [-0.15, -0.1) is 0 Å². The van der Waals surface area contributed by atoms with E-state index in [0.29, 0.717) is 16.5 Å². The number of pyridine rings is 2. The van der Waals surface area contributed by atoms with Gasteiger partial charge in [-0.25, -0.2) is 24.3 Å². The van der Waals surface area contributed by atoms with E-state index in [-0.39, 0.29) is 17.8 Å². The highest BCUT2D eigenvalue weighted by Gasteiger charge is 2.25. The van der Waals surface area contributed by atoms with E-state index >= 15 is 0 Å². The molecule has 0 bridgehead atoms. The maximum Gasteiger partial charge on any atom is 0.258 e. The van der Waals surface area contributed by atoms with Crippen LogP contribution in [0.1, 0.15) is 17.3 Å². The largest absolute Gasteiger partial charge is 0.353 e. The molecule has 1 N–H and O–H groups in total. The van der Waals surface area contributed by atoms with Crippen molar-refractivity contribution in [3.63, 3.8) is 0 Å². The number of halogens is 2. The van der Waals surface area contributed by atoms with E-state index in [2.05, 4.69) is 42.0 Å². The third kappa shape index (κ3) is 4.46. The number of carbonyl (C=O) groups is 1. The van der Waals surface area contributed by atoms with Gasteiger partial charge in [0.2, 0.25) is 0 Å². The Morgan fingerprint density at radius 2 is 1.87 bits per heavy atom. The Hall–Kier alpha value is -3.33. The number of hydrogen-bond acceptors (Lipinski definition) is 7. The minimum Gasteiger partial charge on any atom is -0.353 e. The number of rotatable bonds is 4. The van der Waals surface area contributed by atoms with Crippen LogP contribution in [-0.2, 0) is 0 Å². The molecule has 0 aliphatic carbocycles. The zero-order valence-electron chi connectivity index (χ0n) is 16.2. The second-order valence-corrected chi connectivity index (χ2v) is 7.29. The van der Waals surface area contributed by atoms with Gasteiger partial charge in [0, 0.05) is 31.9 Å². The molecule has 1 aliphatic rings. The molecule has 4 rings (SSSR count). The van der Waals surface area contributed by atoms with Crippen LogP contribution in [0.15, 0.2) is 49.1 Å². The standard InChI is InChI=1S/C20H19ClFN7O/c1-13-12-28(18-5-3-15(22)9-25-18)6-7-29(13)19-11-24-17(10-26-19)27-20(30)14-2-4-16(21)23-8-14/h2-5,8-11,13H,6-7,12H2,1H3,(H,24,27,30)/t13-/m0/s1.